The van der Waals surface area contributed by atoms with E-state index in [-0.39, 0.29) is 5.75 Å². The average Bonchev–Trinajstić information content (AvgIpc) is 4.09. The highest BCUT2D eigenvalue weighted by molar-refractivity contribution is 7.99. The molecule has 68 heavy (non-hydrogen) atoms. The van der Waals surface area contributed by atoms with E-state index in [1.165, 1.54) is 11.8 Å². The molecule has 0 amide bonds. The summed E-state index contributed by atoms with van der Waals surface area (Å²) in [5, 5.41) is 12.5. The van der Waals surface area contributed by atoms with Gasteiger partial charge in [0.25, 0.3) is 0 Å². The quantitative estimate of drug-likeness (QED) is 0.0946. The van der Waals surface area contributed by atoms with Gasteiger partial charge in [-0.05, 0) is 109 Å². The Morgan fingerprint density at radius 1 is 0.456 bits per heavy atom. The molecule has 14 nitrogen and oxygen atoms in total. The van der Waals surface area contributed by atoms with Crippen LogP contribution in [0, 0.1) is 0 Å². The van der Waals surface area contributed by atoms with Crippen LogP contribution in [0.3, 0.4) is 0 Å². The number of ether oxygens (including phenoxy) is 3. The second-order valence-electron chi connectivity index (χ2n) is 15.9. The van der Waals surface area contributed by atoms with Crippen molar-refractivity contribution in [2.45, 2.75) is 10.9 Å². The van der Waals surface area contributed by atoms with Crippen LogP contribution in [0.5, 0.6) is 34.5 Å². The van der Waals surface area contributed by atoms with Crippen molar-refractivity contribution in [1.82, 2.24) is 39.9 Å². The molecule has 5 N–H and O–H groups in total. The van der Waals surface area contributed by atoms with Gasteiger partial charge in [-0.25, -0.2) is 29.9 Å². The number of hydrogen-bond acceptors (Lipinski definition) is 12. The number of H-pyrrole nitrogens is 2. The smallest absolute Gasteiger partial charge is 0.321 e. The SMILES string of the molecule is N[C@@H](CSc1ccc2c(c1)-c1nc-2nc2[nH]c(nc3nc(nc4[nH]c(n1)c1cc(Oc5ccccc5)ccc41)-c1cc(Oc4ccccc4)ccc1-3)c1cc(Oc3ccccc3)ccc21)C(=O)O. The molecule has 7 aromatic carbocycles. The molecule has 1 atom stereocenters. The second kappa shape index (κ2) is 16.8. The minimum atomic E-state index is -1.07. The summed E-state index contributed by atoms with van der Waals surface area (Å²) in [6, 6.07) is 50.7. The third-order valence-electron chi connectivity index (χ3n) is 11.4. The zero-order chi connectivity index (χ0) is 45.7. The molecule has 0 radical (unpaired) electrons. The summed E-state index contributed by atoms with van der Waals surface area (Å²) in [6.07, 6.45) is 0. The predicted octanol–water partition coefficient (Wildman–Crippen LogP) is 11.8. The lowest BCUT2D eigenvalue weighted by Crippen LogP contribution is -2.32. The number of nitrogens with two attached hydrogens (primary N) is 1. The van der Waals surface area contributed by atoms with E-state index in [9.17, 15) is 9.90 Å². The van der Waals surface area contributed by atoms with Crippen LogP contribution in [0.2, 0.25) is 0 Å². The van der Waals surface area contributed by atoms with Crippen molar-refractivity contribution in [1.29, 1.82) is 0 Å². The first kappa shape index (κ1) is 40.6. The predicted molar refractivity (Wildman–Crippen MR) is 262 cm³/mol. The highest BCUT2D eigenvalue weighted by Crippen LogP contribution is 2.41. The van der Waals surface area contributed by atoms with Crippen LogP contribution in [0.15, 0.2) is 169 Å². The van der Waals surface area contributed by atoms with E-state index in [0.717, 1.165) is 37.6 Å². The Balaban J connectivity index is 1.13. The van der Waals surface area contributed by atoms with Crippen LogP contribution in [-0.2, 0) is 4.79 Å². The maximum Gasteiger partial charge on any atom is 0.321 e. The Morgan fingerprint density at radius 2 is 0.853 bits per heavy atom. The fourth-order valence-electron chi connectivity index (χ4n) is 8.12. The lowest BCUT2D eigenvalue weighted by molar-refractivity contribution is -0.137. The van der Waals surface area contributed by atoms with Gasteiger partial charge in [-0.1, -0.05) is 54.6 Å². The molecule has 2 aliphatic rings. The maximum absolute atomic E-state index is 11.6. The first-order chi connectivity index (χ1) is 33.3. The van der Waals surface area contributed by atoms with E-state index in [1.54, 1.807) is 0 Å². The monoisotopic (exact) mass is 909 g/mol. The summed E-state index contributed by atoms with van der Waals surface area (Å²) >= 11 is 1.34. The van der Waals surface area contributed by atoms with Gasteiger partial charge in [0.1, 0.15) is 63.1 Å². The fraction of sp³-hybridized carbons (Fsp3) is 0.0377. The van der Waals surface area contributed by atoms with Gasteiger partial charge in [0, 0.05) is 54.4 Å². The van der Waals surface area contributed by atoms with E-state index < -0.39 is 12.0 Å². The Bertz CT molecular complexity index is 3790. The van der Waals surface area contributed by atoms with E-state index in [1.807, 2.05) is 164 Å². The molecule has 0 fully saturated rings. The standard InChI is InChI=1S/C53H35N9O5S/c54-44(53(63)64)28-68-35-19-23-39-43(27-35)52-61-48(39)55-45-36-20-16-32(65-29-10-4-1-5-11-29)24-40(36)49(56-45)57-46-37-21-17-33(66-30-12-6-2-7-13-30)25-41(37)50(58-46)59-47-38-22-18-34(26-42(38)51(60-47)62-52)67-31-14-8-3-9-15-31/h1-27,44H,28,54H2,(H,63,64)(H2,55,56,57,58,59,60,61,62)/t44-/m0/s1. The Kier molecular flexibility index (Phi) is 10.0. The number of rotatable bonds is 10. The number of aliphatic carboxylic acids is 1. The van der Waals surface area contributed by atoms with Crippen molar-refractivity contribution in [3.63, 3.8) is 0 Å². The fourth-order valence-corrected chi connectivity index (χ4v) is 9.00. The van der Waals surface area contributed by atoms with Crippen LogP contribution in [0.25, 0.3) is 89.7 Å². The molecular formula is C53H35N9O5S. The largest absolute Gasteiger partial charge is 0.480 e. The van der Waals surface area contributed by atoms with Gasteiger partial charge < -0.3 is 35.0 Å². The number of carboxylic acid groups (broad SMARTS) is 1. The molecule has 0 aliphatic carbocycles. The molecule has 0 saturated heterocycles. The van der Waals surface area contributed by atoms with E-state index >= 15 is 0 Å². The van der Waals surface area contributed by atoms with Crippen molar-refractivity contribution in [2.24, 2.45) is 5.73 Å². The Hall–Kier alpha value is -8.92. The van der Waals surface area contributed by atoms with E-state index in [0.29, 0.717) is 91.5 Å². The molecule has 12 rings (SSSR count). The van der Waals surface area contributed by atoms with Gasteiger partial charge in [-0.2, -0.15) is 0 Å². The molecule has 2 aliphatic heterocycles. The molecule has 0 saturated carbocycles. The topological polar surface area (TPSA) is 200 Å². The molecule has 5 heterocycles. The number of hydrogen-bond donors (Lipinski definition) is 4. The molecule has 15 heteroatoms. The number of nitrogens with zero attached hydrogens (tertiary/aromatic N) is 6. The number of carbonyl (C=O) groups is 1. The first-order valence-corrected chi connectivity index (χ1v) is 22.5. The molecule has 3 aromatic heterocycles. The number of thioether (sulfide) groups is 1. The van der Waals surface area contributed by atoms with Gasteiger partial charge >= 0.3 is 5.97 Å². The number of fused-ring (bicyclic) bond motifs is 20. The van der Waals surface area contributed by atoms with Gasteiger partial charge in [-0.15, -0.1) is 11.8 Å². The molecule has 8 bridgehead atoms. The van der Waals surface area contributed by atoms with Crippen LogP contribution >= 0.6 is 11.8 Å². The van der Waals surface area contributed by atoms with Crippen molar-refractivity contribution < 1.29 is 24.1 Å². The Morgan fingerprint density at radius 3 is 1.32 bits per heavy atom. The number of carboxylic acids is 1. The van der Waals surface area contributed by atoms with Gasteiger partial charge in [0.05, 0.1) is 0 Å². The third-order valence-corrected chi connectivity index (χ3v) is 12.5. The summed E-state index contributed by atoms with van der Waals surface area (Å²) in [5.74, 6) is 4.54. The van der Waals surface area contributed by atoms with E-state index in [2.05, 4.69) is 9.97 Å². The number of aromatic nitrogens is 8. The number of nitrogens with one attached hydrogen (secondary N) is 2. The summed E-state index contributed by atoms with van der Waals surface area (Å²) in [7, 11) is 0. The summed E-state index contributed by atoms with van der Waals surface area (Å²) in [6.45, 7) is 0. The van der Waals surface area contributed by atoms with Crippen molar-refractivity contribution in [2.75, 3.05) is 5.75 Å². The van der Waals surface area contributed by atoms with Crippen LogP contribution in [0.4, 0.5) is 0 Å². The Labute approximate surface area is 390 Å². The molecule has 328 valence electrons. The van der Waals surface area contributed by atoms with Crippen LogP contribution in [0.1, 0.15) is 0 Å². The molecule has 0 unspecified atom stereocenters. The highest BCUT2D eigenvalue weighted by atomic mass is 32.2. The highest BCUT2D eigenvalue weighted by Gasteiger charge is 2.24. The van der Waals surface area contributed by atoms with Crippen molar-refractivity contribution >= 4 is 61.9 Å². The van der Waals surface area contributed by atoms with Crippen LogP contribution < -0.4 is 19.9 Å². The van der Waals surface area contributed by atoms with Gasteiger partial charge in [0.2, 0.25) is 0 Å². The zero-order valence-electron chi connectivity index (χ0n) is 35.6. The zero-order valence-corrected chi connectivity index (χ0v) is 36.4. The van der Waals surface area contributed by atoms with Crippen molar-refractivity contribution in [3.8, 4) is 80.0 Å². The van der Waals surface area contributed by atoms with Crippen molar-refractivity contribution in [3.05, 3.63) is 164 Å². The summed E-state index contributed by atoms with van der Waals surface area (Å²) in [4.78, 5) is 50.5. The maximum atomic E-state index is 11.6. The molecule has 10 aromatic rings. The summed E-state index contributed by atoms with van der Waals surface area (Å²) < 4.78 is 18.9. The lowest BCUT2D eigenvalue weighted by Gasteiger charge is -2.07. The number of benzene rings is 7. The molecular weight excluding hydrogens is 875 g/mol. The summed E-state index contributed by atoms with van der Waals surface area (Å²) in [5.41, 5.74) is 10.7. The minimum Gasteiger partial charge on any atom is -0.480 e. The number of para-hydroxylation sites is 3. The van der Waals surface area contributed by atoms with Gasteiger partial charge in [0.15, 0.2) is 23.3 Å². The lowest BCUT2D eigenvalue weighted by atomic mass is 10.1. The number of aromatic amines is 2. The second-order valence-corrected chi connectivity index (χ2v) is 17.0. The normalized spacial score (nSPS) is 12.1. The first-order valence-electron chi connectivity index (χ1n) is 21.5. The average molecular weight is 910 g/mol. The third kappa shape index (κ3) is 7.76. The molecule has 0 spiro atoms. The minimum absolute atomic E-state index is 0.164. The van der Waals surface area contributed by atoms with Gasteiger partial charge in [-0.3, -0.25) is 4.79 Å². The van der Waals surface area contributed by atoms with Crippen LogP contribution in [-0.4, -0.2) is 62.7 Å². The van der Waals surface area contributed by atoms with E-state index in [4.69, 9.17) is 49.8 Å².